The predicted molar refractivity (Wildman–Crippen MR) is 65.7 cm³/mol. The normalized spacial score (nSPS) is 14.8. The molecule has 1 aromatic rings. The number of ether oxygens (including phenoxy) is 2. The smallest absolute Gasteiger partial charge is 0.0952 e. The van der Waals surface area contributed by atoms with Gasteiger partial charge >= 0.3 is 0 Å². The van der Waals surface area contributed by atoms with Crippen LogP contribution >= 0.6 is 11.6 Å². The molecule has 0 amide bonds. The van der Waals surface area contributed by atoms with Crippen molar-refractivity contribution >= 4 is 11.6 Å². The summed E-state index contributed by atoms with van der Waals surface area (Å²) in [4.78, 5) is 0. The number of rotatable bonds is 6. The molecule has 0 aliphatic heterocycles. The minimum atomic E-state index is -0.135. The Bertz CT molecular complexity index is 320. The van der Waals surface area contributed by atoms with E-state index in [-0.39, 0.29) is 12.2 Å². The Morgan fingerprint density at radius 1 is 1.44 bits per heavy atom. The van der Waals surface area contributed by atoms with E-state index in [4.69, 9.17) is 26.8 Å². The van der Waals surface area contributed by atoms with Crippen LogP contribution in [0.2, 0.25) is 5.02 Å². The molecule has 3 nitrogen and oxygen atoms in total. The van der Waals surface area contributed by atoms with E-state index in [1.807, 2.05) is 31.2 Å². The van der Waals surface area contributed by atoms with Crippen molar-refractivity contribution in [3.63, 3.8) is 0 Å². The van der Waals surface area contributed by atoms with Crippen LogP contribution < -0.4 is 5.73 Å². The fraction of sp³-hybridized carbons (Fsp3) is 0.500. The number of hydrogen-bond donors (Lipinski definition) is 1. The van der Waals surface area contributed by atoms with Crippen LogP contribution in [0.1, 0.15) is 18.6 Å². The second kappa shape index (κ2) is 6.86. The van der Waals surface area contributed by atoms with Gasteiger partial charge in [0.2, 0.25) is 0 Å². The minimum Gasteiger partial charge on any atom is -0.382 e. The van der Waals surface area contributed by atoms with E-state index in [9.17, 15) is 0 Å². The molecule has 16 heavy (non-hydrogen) atoms. The van der Waals surface area contributed by atoms with Gasteiger partial charge in [0.05, 0.1) is 18.8 Å². The highest BCUT2D eigenvalue weighted by Gasteiger charge is 2.14. The highest BCUT2D eigenvalue weighted by Crippen LogP contribution is 2.21. The highest BCUT2D eigenvalue weighted by molar-refractivity contribution is 6.30. The van der Waals surface area contributed by atoms with Gasteiger partial charge in [0.15, 0.2) is 0 Å². The summed E-state index contributed by atoms with van der Waals surface area (Å²) in [7, 11) is 1.65. The summed E-state index contributed by atoms with van der Waals surface area (Å²) < 4.78 is 10.8. The summed E-state index contributed by atoms with van der Waals surface area (Å²) in [5.41, 5.74) is 6.69. The molecule has 4 heteroatoms. The second-order valence-corrected chi connectivity index (χ2v) is 4.12. The zero-order valence-electron chi connectivity index (χ0n) is 9.65. The van der Waals surface area contributed by atoms with Gasteiger partial charge in [-0.2, -0.15) is 0 Å². The van der Waals surface area contributed by atoms with Crippen molar-refractivity contribution in [3.8, 4) is 0 Å². The Labute approximate surface area is 101 Å². The first-order valence-electron chi connectivity index (χ1n) is 5.27. The van der Waals surface area contributed by atoms with E-state index in [1.165, 1.54) is 0 Å². The molecule has 2 atom stereocenters. The van der Waals surface area contributed by atoms with Crippen LogP contribution in [-0.2, 0) is 9.47 Å². The number of benzene rings is 1. The van der Waals surface area contributed by atoms with Gasteiger partial charge in [0.25, 0.3) is 0 Å². The highest BCUT2D eigenvalue weighted by atomic mass is 35.5. The topological polar surface area (TPSA) is 44.5 Å². The summed E-state index contributed by atoms with van der Waals surface area (Å²) in [6, 6.07) is 7.56. The molecule has 2 N–H and O–H groups in total. The third-order valence-corrected chi connectivity index (χ3v) is 2.47. The average molecular weight is 244 g/mol. The fourth-order valence-corrected chi connectivity index (χ4v) is 1.73. The van der Waals surface area contributed by atoms with Crippen LogP contribution in [-0.4, -0.2) is 26.4 Å². The Morgan fingerprint density at radius 3 is 2.75 bits per heavy atom. The Hall–Kier alpha value is -0.610. The lowest BCUT2D eigenvalue weighted by molar-refractivity contribution is -0.0362. The van der Waals surface area contributed by atoms with E-state index in [0.29, 0.717) is 18.2 Å². The summed E-state index contributed by atoms with van der Waals surface area (Å²) in [5.74, 6) is 0. The van der Waals surface area contributed by atoms with E-state index in [2.05, 4.69) is 0 Å². The summed E-state index contributed by atoms with van der Waals surface area (Å²) in [5, 5.41) is 0.693. The number of methoxy groups -OCH3 is 1. The van der Waals surface area contributed by atoms with Crippen LogP contribution in [0.15, 0.2) is 24.3 Å². The third-order valence-electron chi connectivity index (χ3n) is 2.23. The second-order valence-electron chi connectivity index (χ2n) is 3.68. The van der Waals surface area contributed by atoms with Gasteiger partial charge in [0.1, 0.15) is 0 Å². The lowest BCUT2D eigenvalue weighted by Gasteiger charge is -2.21. The van der Waals surface area contributed by atoms with Crippen molar-refractivity contribution in [3.05, 3.63) is 34.9 Å². The first-order valence-corrected chi connectivity index (χ1v) is 5.65. The van der Waals surface area contributed by atoms with Gasteiger partial charge in [-0.05, 0) is 24.6 Å². The van der Waals surface area contributed by atoms with Gasteiger partial charge in [0, 0.05) is 18.7 Å². The summed E-state index contributed by atoms with van der Waals surface area (Å²) >= 11 is 5.92. The van der Waals surface area contributed by atoms with Crippen LogP contribution in [0.25, 0.3) is 0 Å². The summed E-state index contributed by atoms with van der Waals surface area (Å²) in [6.07, 6.45) is -0.124. The maximum atomic E-state index is 5.92. The largest absolute Gasteiger partial charge is 0.382 e. The zero-order valence-corrected chi connectivity index (χ0v) is 10.4. The Kier molecular flexibility index (Phi) is 5.77. The zero-order chi connectivity index (χ0) is 12.0. The molecule has 0 aliphatic carbocycles. The molecule has 0 aliphatic rings. The van der Waals surface area contributed by atoms with Gasteiger partial charge in [-0.3, -0.25) is 0 Å². The number of hydrogen-bond acceptors (Lipinski definition) is 3. The van der Waals surface area contributed by atoms with Gasteiger partial charge in [-0.15, -0.1) is 0 Å². The quantitative estimate of drug-likeness (QED) is 0.835. The lowest BCUT2D eigenvalue weighted by Crippen LogP contribution is -2.23. The maximum absolute atomic E-state index is 5.92. The molecular weight excluding hydrogens is 226 g/mol. The van der Waals surface area contributed by atoms with Crippen molar-refractivity contribution in [1.29, 1.82) is 0 Å². The molecule has 90 valence electrons. The number of halogens is 1. The predicted octanol–water partition coefficient (Wildman–Crippen LogP) is 2.39. The van der Waals surface area contributed by atoms with Crippen LogP contribution in [0, 0.1) is 0 Å². The molecular formula is C12H18ClNO2. The SMILES string of the molecule is COCC(C)OC(CN)c1cccc(Cl)c1. The van der Waals surface area contributed by atoms with E-state index in [0.717, 1.165) is 5.56 Å². The van der Waals surface area contributed by atoms with Gasteiger partial charge in [-0.1, -0.05) is 23.7 Å². The molecule has 0 heterocycles. The maximum Gasteiger partial charge on any atom is 0.0952 e. The molecule has 0 spiro atoms. The first-order chi connectivity index (χ1) is 7.67. The Balaban J connectivity index is 2.67. The van der Waals surface area contributed by atoms with Crippen LogP contribution in [0.4, 0.5) is 0 Å². The van der Waals surface area contributed by atoms with Crippen molar-refractivity contribution in [2.24, 2.45) is 5.73 Å². The standard InChI is InChI=1S/C12H18ClNO2/c1-9(8-15-2)16-12(7-14)10-4-3-5-11(13)6-10/h3-6,9,12H,7-8,14H2,1-2H3. The van der Waals surface area contributed by atoms with Gasteiger partial charge in [-0.25, -0.2) is 0 Å². The molecule has 0 fully saturated rings. The van der Waals surface area contributed by atoms with E-state index in [1.54, 1.807) is 7.11 Å². The molecule has 1 aromatic carbocycles. The van der Waals surface area contributed by atoms with Crippen molar-refractivity contribution in [2.75, 3.05) is 20.3 Å². The number of nitrogens with two attached hydrogens (primary N) is 1. The molecule has 0 saturated carbocycles. The van der Waals surface area contributed by atoms with Crippen molar-refractivity contribution in [1.82, 2.24) is 0 Å². The Morgan fingerprint density at radius 2 is 2.19 bits per heavy atom. The molecule has 0 radical (unpaired) electrons. The molecule has 1 rings (SSSR count). The molecule has 2 unspecified atom stereocenters. The lowest BCUT2D eigenvalue weighted by atomic mass is 10.1. The van der Waals surface area contributed by atoms with Gasteiger partial charge < -0.3 is 15.2 Å². The molecule has 0 bridgehead atoms. The fourth-order valence-electron chi connectivity index (χ4n) is 1.53. The summed E-state index contributed by atoms with van der Waals surface area (Å²) in [6.45, 7) is 2.93. The van der Waals surface area contributed by atoms with Crippen LogP contribution in [0.3, 0.4) is 0 Å². The van der Waals surface area contributed by atoms with Crippen molar-refractivity contribution in [2.45, 2.75) is 19.1 Å². The first kappa shape index (κ1) is 13.5. The average Bonchev–Trinajstić information content (AvgIpc) is 2.26. The van der Waals surface area contributed by atoms with E-state index >= 15 is 0 Å². The molecule has 0 aromatic heterocycles. The third kappa shape index (κ3) is 4.10. The minimum absolute atomic E-state index is 0.0116. The van der Waals surface area contributed by atoms with Crippen molar-refractivity contribution < 1.29 is 9.47 Å². The van der Waals surface area contributed by atoms with E-state index < -0.39 is 0 Å². The molecule has 0 saturated heterocycles. The monoisotopic (exact) mass is 243 g/mol. The van der Waals surface area contributed by atoms with Crippen LogP contribution in [0.5, 0.6) is 0 Å².